The van der Waals surface area contributed by atoms with Gasteiger partial charge in [-0.1, -0.05) is 51.3 Å². The summed E-state index contributed by atoms with van der Waals surface area (Å²) in [4.78, 5) is 1.86. The Bertz CT molecular complexity index is 290. The van der Waals surface area contributed by atoms with E-state index in [-0.39, 0.29) is 0 Å². The van der Waals surface area contributed by atoms with Crippen LogP contribution in [-0.4, -0.2) is 0 Å². The number of hydrogen-bond donors (Lipinski definition) is 0. The molecule has 0 saturated heterocycles. The standard InChI is InChI=1S/C9H9Br.C4H8/c1-8-2-4-9(5-3-8)6-7-10;1-4(2)3/h2-7H,1H3;1H2,2-3H3. The Morgan fingerprint density at radius 3 is 2.00 bits per heavy atom. The largest absolute Gasteiger partial charge is 0.100 e. The van der Waals surface area contributed by atoms with Gasteiger partial charge in [-0.2, -0.15) is 0 Å². The van der Waals surface area contributed by atoms with Crippen LogP contribution in [-0.2, 0) is 0 Å². The molecule has 14 heavy (non-hydrogen) atoms. The zero-order chi connectivity index (χ0) is 11.0. The third kappa shape index (κ3) is 7.81. The molecule has 1 heteroatoms. The molecule has 1 aromatic carbocycles. The first-order valence-corrected chi connectivity index (χ1v) is 5.43. The third-order valence-electron chi connectivity index (χ3n) is 1.33. The summed E-state index contributed by atoms with van der Waals surface area (Å²) in [7, 11) is 0. The first-order valence-electron chi connectivity index (χ1n) is 4.52. The molecule has 0 aromatic heterocycles. The smallest absolute Gasteiger partial charge is 0.0183 e. The first kappa shape index (κ1) is 13.2. The van der Waals surface area contributed by atoms with Gasteiger partial charge in [0.05, 0.1) is 0 Å². The van der Waals surface area contributed by atoms with Gasteiger partial charge < -0.3 is 0 Å². The highest BCUT2D eigenvalue weighted by Crippen LogP contribution is 2.05. The van der Waals surface area contributed by atoms with E-state index >= 15 is 0 Å². The SMILES string of the molecule is C=C(C)C.Cc1ccc(C=CBr)cc1. The Kier molecular flexibility index (Phi) is 7.13. The monoisotopic (exact) mass is 252 g/mol. The number of benzene rings is 1. The van der Waals surface area contributed by atoms with Crippen LogP contribution in [0.1, 0.15) is 25.0 Å². The van der Waals surface area contributed by atoms with Gasteiger partial charge in [-0.05, 0) is 37.4 Å². The zero-order valence-electron chi connectivity index (χ0n) is 9.05. The molecule has 1 rings (SSSR count). The molecule has 0 saturated carbocycles. The van der Waals surface area contributed by atoms with Crippen LogP contribution < -0.4 is 0 Å². The van der Waals surface area contributed by atoms with Crippen LogP contribution in [0.4, 0.5) is 0 Å². The van der Waals surface area contributed by atoms with E-state index in [9.17, 15) is 0 Å². The van der Waals surface area contributed by atoms with E-state index in [0.29, 0.717) is 0 Å². The maximum absolute atomic E-state index is 3.56. The van der Waals surface area contributed by atoms with Crippen LogP contribution in [0.25, 0.3) is 6.08 Å². The van der Waals surface area contributed by atoms with E-state index in [1.54, 1.807) is 0 Å². The van der Waals surface area contributed by atoms with E-state index in [0.717, 1.165) is 0 Å². The topological polar surface area (TPSA) is 0 Å². The highest BCUT2D eigenvalue weighted by molar-refractivity contribution is 9.11. The highest BCUT2D eigenvalue weighted by atomic mass is 79.9. The van der Waals surface area contributed by atoms with Gasteiger partial charge in [0, 0.05) is 0 Å². The third-order valence-corrected chi connectivity index (χ3v) is 1.60. The summed E-state index contributed by atoms with van der Waals surface area (Å²) in [6.45, 7) is 9.58. The first-order chi connectivity index (χ1) is 6.56. The second kappa shape index (κ2) is 7.57. The van der Waals surface area contributed by atoms with Crippen molar-refractivity contribution in [3.05, 3.63) is 52.5 Å². The van der Waals surface area contributed by atoms with Crippen molar-refractivity contribution in [1.82, 2.24) is 0 Å². The molecule has 0 bridgehead atoms. The van der Waals surface area contributed by atoms with Crippen molar-refractivity contribution >= 4 is 22.0 Å². The fourth-order valence-electron chi connectivity index (χ4n) is 0.750. The predicted molar refractivity (Wildman–Crippen MR) is 69.6 cm³/mol. The molecule has 1 aromatic rings. The summed E-state index contributed by atoms with van der Waals surface area (Å²) in [5, 5.41) is 0. The van der Waals surface area contributed by atoms with Gasteiger partial charge in [-0.25, -0.2) is 0 Å². The molecule has 0 fully saturated rings. The van der Waals surface area contributed by atoms with Crippen LogP contribution in [0.5, 0.6) is 0 Å². The highest BCUT2D eigenvalue weighted by Gasteiger charge is 1.83. The van der Waals surface area contributed by atoms with Crippen molar-refractivity contribution in [2.45, 2.75) is 20.8 Å². The summed E-state index contributed by atoms with van der Waals surface area (Å²) in [5.41, 5.74) is 3.69. The van der Waals surface area contributed by atoms with Crippen molar-refractivity contribution in [3.8, 4) is 0 Å². The van der Waals surface area contributed by atoms with Crippen LogP contribution in [0.3, 0.4) is 0 Å². The lowest BCUT2D eigenvalue weighted by Gasteiger charge is -1.92. The van der Waals surface area contributed by atoms with Crippen molar-refractivity contribution in [2.75, 3.05) is 0 Å². The zero-order valence-corrected chi connectivity index (χ0v) is 10.6. The van der Waals surface area contributed by atoms with E-state index in [1.165, 1.54) is 16.7 Å². The van der Waals surface area contributed by atoms with E-state index < -0.39 is 0 Å². The van der Waals surface area contributed by atoms with Crippen molar-refractivity contribution in [1.29, 1.82) is 0 Å². The quantitative estimate of drug-likeness (QED) is 0.621. The predicted octanol–water partition coefficient (Wildman–Crippen LogP) is 4.94. The van der Waals surface area contributed by atoms with Crippen LogP contribution >= 0.6 is 15.9 Å². The molecule has 0 unspecified atom stereocenters. The van der Waals surface area contributed by atoms with Crippen LogP contribution in [0.2, 0.25) is 0 Å². The average molecular weight is 253 g/mol. The van der Waals surface area contributed by atoms with Gasteiger partial charge in [0.15, 0.2) is 0 Å². The molecular formula is C13H17Br. The molecule has 0 aliphatic carbocycles. The molecule has 0 spiro atoms. The lowest BCUT2D eigenvalue weighted by Crippen LogP contribution is -1.71. The van der Waals surface area contributed by atoms with Gasteiger partial charge in [0.1, 0.15) is 0 Å². The van der Waals surface area contributed by atoms with Crippen molar-refractivity contribution in [2.24, 2.45) is 0 Å². The summed E-state index contributed by atoms with van der Waals surface area (Å²) >= 11 is 3.22. The van der Waals surface area contributed by atoms with Gasteiger partial charge >= 0.3 is 0 Å². The Balaban J connectivity index is 0.000000364. The lowest BCUT2D eigenvalue weighted by molar-refractivity contribution is 1.42. The number of aryl methyl sites for hydroxylation is 1. The molecule has 0 nitrogen and oxygen atoms in total. The Morgan fingerprint density at radius 2 is 1.64 bits per heavy atom. The number of hydrogen-bond acceptors (Lipinski definition) is 0. The van der Waals surface area contributed by atoms with Gasteiger partial charge in [-0.15, -0.1) is 6.58 Å². The molecular weight excluding hydrogens is 236 g/mol. The fraction of sp³-hybridized carbons (Fsp3) is 0.231. The molecule has 0 aliphatic rings. The molecule has 0 atom stereocenters. The average Bonchev–Trinajstić information content (AvgIpc) is 2.08. The molecule has 76 valence electrons. The molecule has 0 N–H and O–H groups in total. The minimum atomic E-state index is 1.17. The number of halogens is 1. The summed E-state index contributed by atoms with van der Waals surface area (Å²) in [6.07, 6.45) is 2.01. The van der Waals surface area contributed by atoms with E-state index in [2.05, 4.69) is 53.7 Å². The Morgan fingerprint density at radius 1 is 1.21 bits per heavy atom. The van der Waals surface area contributed by atoms with Crippen LogP contribution in [0.15, 0.2) is 41.4 Å². The summed E-state index contributed by atoms with van der Waals surface area (Å²) in [5.74, 6) is 0. The molecule has 0 amide bonds. The van der Waals surface area contributed by atoms with Crippen LogP contribution in [0, 0.1) is 6.92 Å². The Labute approximate surface area is 95.5 Å². The number of allylic oxidation sites excluding steroid dienone is 1. The minimum absolute atomic E-state index is 1.17. The second-order valence-corrected chi connectivity index (χ2v) is 3.94. The molecule has 0 radical (unpaired) electrons. The van der Waals surface area contributed by atoms with E-state index in [1.807, 2.05) is 24.9 Å². The summed E-state index contributed by atoms with van der Waals surface area (Å²) < 4.78 is 0. The molecule has 0 heterocycles. The minimum Gasteiger partial charge on any atom is -0.100 e. The normalized spacial score (nSPS) is 9.43. The molecule has 0 aliphatic heterocycles. The number of rotatable bonds is 1. The van der Waals surface area contributed by atoms with Crippen molar-refractivity contribution in [3.63, 3.8) is 0 Å². The summed E-state index contributed by atoms with van der Waals surface area (Å²) in [6, 6.07) is 8.38. The van der Waals surface area contributed by atoms with E-state index in [4.69, 9.17) is 0 Å². The van der Waals surface area contributed by atoms with Gasteiger partial charge in [0.2, 0.25) is 0 Å². The van der Waals surface area contributed by atoms with Gasteiger partial charge in [0.25, 0.3) is 0 Å². The maximum atomic E-state index is 3.56. The van der Waals surface area contributed by atoms with Crippen molar-refractivity contribution < 1.29 is 0 Å². The maximum Gasteiger partial charge on any atom is -0.0183 e. The van der Waals surface area contributed by atoms with Gasteiger partial charge in [-0.3, -0.25) is 0 Å². The lowest BCUT2D eigenvalue weighted by atomic mass is 10.2. The second-order valence-electron chi connectivity index (χ2n) is 3.41. The Hall–Kier alpha value is -0.820. The fourth-order valence-corrected chi connectivity index (χ4v) is 1.06.